The van der Waals surface area contributed by atoms with Crippen molar-refractivity contribution < 1.29 is 23.9 Å². The van der Waals surface area contributed by atoms with Gasteiger partial charge in [-0.2, -0.15) is 0 Å². The first-order valence-electron chi connectivity index (χ1n) is 13.9. The maximum atomic E-state index is 14.5. The Bertz CT molecular complexity index is 1750. The average molecular weight is 593 g/mol. The molecule has 1 amide bonds. The number of para-hydroxylation sites is 2. The van der Waals surface area contributed by atoms with E-state index in [1.54, 1.807) is 60.5 Å². The van der Waals surface area contributed by atoms with Crippen LogP contribution < -0.4 is 15.0 Å². The van der Waals surface area contributed by atoms with Crippen LogP contribution in [0.3, 0.4) is 0 Å². The number of esters is 1. The molecule has 1 N–H and O–H groups in total. The Labute approximate surface area is 254 Å². The minimum absolute atomic E-state index is 0.0648. The zero-order valence-corrected chi connectivity index (χ0v) is 24.4. The number of anilines is 2. The molecular formula is C35H29ClN2O5. The molecule has 43 heavy (non-hydrogen) atoms. The summed E-state index contributed by atoms with van der Waals surface area (Å²) in [5.74, 6) is -0.206. The van der Waals surface area contributed by atoms with Crippen molar-refractivity contribution in [1.29, 1.82) is 0 Å². The zero-order chi connectivity index (χ0) is 30.1. The second-order valence-corrected chi connectivity index (χ2v) is 10.9. The van der Waals surface area contributed by atoms with Gasteiger partial charge in [0.1, 0.15) is 5.75 Å². The standard InChI is InChI=1S/C35H29ClN2O5/c1-42-25-17-15-21(16-18-25)24-19-29-32(31(39)20-24)33(22-11-13-23(14-12-22)35(41)43-2)38(30-10-6-5-9-28(30)37-29)34(40)26-7-3-4-8-27(26)36/h3-18,24,33,37H,19-20H2,1-2H3/t24-,33-/m1/s1. The van der Waals surface area contributed by atoms with Crippen LogP contribution in [0.25, 0.3) is 0 Å². The predicted molar refractivity (Wildman–Crippen MR) is 166 cm³/mol. The number of nitrogens with zero attached hydrogens (tertiary/aromatic N) is 1. The quantitative estimate of drug-likeness (QED) is 0.244. The SMILES string of the molecule is COC(=O)c1ccc([C@@H]2C3=C(C[C@@H](c4ccc(OC)cc4)CC3=O)Nc3ccccc3N2C(=O)c2ccccc2Cl)cc1. The van der Waals surface area contributed by atoms with Crippen LogP contribution in [0.5, 0.6) is 5.75 Å². The highest BCUT2D eigenvalue weighted by atomic mass is 35.5. The van der Waals surface area contributed by atoms with Crippen LogP contribution in [0, 0.1) is 0 Å². The predicted octanol–water partition coefficient (Wildman–Crippen LogP) is 7.35. The van der Waals surface area contributed by atoms with Gasteiger partial charge in [0.2, 0.25) is 0 Å². The number of Topliss-reactive ketones (excluding diaryl/α,β-unsaturated/α-hetero) is 1. The molecule has 216 valence electrons. The highest BCUT2D eigenvalue weighted by Crippen LogP contribution is 2.48. The molecule has 1 aliphatic carbocycles. The molecule has 0 fully saturated rings. The van der Waals surface area contributed by atoms with Gasteiger partial charge in [0.25, 0.3) is 5.91 Å². The van der Waals surface area contributed by atoms with E-state index in [9.17, 15) is 14.4 Å². The summed E-state index contributed by atoms with van der Waals surface area (Å²) in [4.78, 5) is 42.6. The molecule has 2 aliphatic rings. The fraction of sp³-hybridized carbons (Fsp3) is 0.171. The van der Waals surface area contributed by atoms with Gasteiger partial charge in [0, 0.05) is 17.7 Å². The smallest absolute Gasteiger partial charge is 0.337 e. The van der Waals surface area contributed by atoms with Gasteiger partial charge in [0.15, 0.2) is 5.78 Å². The lowest BCUT2D eigenvalue weighted by atomic mass is 9.78. The second-order valence-electron chi connectivity index (χ2n) is 10.5. The Hall–Kier alpha value is -4.88. The van der Waals surface area contributed by atoms with Gasteiger partial charge in [-0.15, -0.1) is 0 Å². The molecule has 0 radical (unpaired) electrons. The van der Waals surface area contributed by atoms with Crippen molar-refractivity contribution >= 4 is 40.6 Å². The number of nitrogens with one attached hydrogen (secondary N) is 1. The zero-order valence-electron chi connectivity index (χ0n) is 23.7. The highest BCUT2D eigenvalue weighted by molar-refractivity contribution is 6.34. The molecule has 0 unspecified atom stereocenters. The number of ether oxygens (including phenoxy) is 2. The molecule has 1 aliphatic heterocycles. The largest absolute Gasteiger partial charge is 0.497 e. The number of fused-ring (bicyclic) bond motifs is 1. The van der Waals surface area contributed by atoms with E-state index in [0.29, 0.717) is 45.1 Å². The van der Waals surface area contributed by atoms with Gasteiger partial charge in [-0.25, -0.2) is 4.79 Å². The molecule has 7 nitrogen and oxygen atoms in total. The van der Waals surface area contributed by atoms with E-state index in [1.807, 2.05) is 48.5 Å². The fourth-order valence-electron chi connectivity index (χ4n) is 5.92. The summed E-state index contributed by atoms with van der Waals surface area (Å²) >= 11 is 6.54. The summed E-state index contributed by atoms with van der Waals surface area (Å²) in [5, 5.41) is 3.85. The summed E-state index contributed by atoms with van der Waals surface area (Å²) in [6.07, 6.45) is 0.834. The number of amides is 1. The fourth-order valence-corrected chi connectivity index (χ4v) is 6.14. The molecule has 2 atom stereocenters. The maximum absolute atomic E-state index is 14.5. The van der Waals surface area contributed by atoms with Gasteiger partial charge >= 0.3 is 5.97 Å². The topological polar surface area (TPSA) is 84.9 Å². The minimum atomic E-state index is -0.786. The Morgan fingerprint density at radius 3 is 2.21 bits per heavy atom. The van der Waals surface area contributed by atoms with Crippen LogP contribution in [-0.2, 0) is 9.53 Å². The summed E-state index contributed by atoms with van der Waals surface area (Å²) in [5.41, 5.74) is 4.96. The first-order valence-corrected chi connectivity index (χ1v) is 14.3. The molecule has 4 aromatic rings. The van der Waals surface area contributed by atoms with Crippen LogP contribution in [0.1, 0.15) is 56.6 Å². The summed E-state index contributed by atoms with van der Waals surface area (Å²) in [7, 11) is 2.95. The van der Waals surface area contributed by atoms with Crippen LogP contribution in [-0.4, -0.2) is 31.9 Å². The van der Waals surface area contributed by atoms with Crippen molar-refractivity contribution in [3.8, 4) is 5.75 Å². The van der Waals surface area contributed by atoms with Crippen LogP contribution in [0.15, 0.2) is 108 Å². The van der Waals surface area contributed by atoms with E-state index in [2.05, 4.69) is 5.32 Å². The summed E-state index contributed by atoms with van der Waals surface area (Å²) in [6.45, 7) is 0. The van der Waals surface area contributed by atoms with E-state index >= 15 is 0 Å². The Morgan fingerprint density at radius 2 is 1.51 bits per heavy atom. The Balaban J connectivity index is 1.54. The van der Waals surface area contributed by atoms with Crippen LogP contribution in [0.4, 0.5) is 11.4 Å². The van der Waals surface area contributed by atoms with Gasteiger partial charge in [-0.3, -0.25) is 14.5 Å². The number of carbonyl (C=O) groups is 3. The third-order valence-corrected chi connectivity index (χ3v) is 8.38. The van der Waals surface area contributed by atoms with Gasteiger partial charge < -0.3 is 14.8 Å². The number of methoxy groups -OCH3 is 2. The number of halogens is 1. The molecule has 6 rings (SSSR count). The second kappa shape index (κ2) is 11.8. The monoisotopic (exact) mass is 592 g/mol. The molecule has 1 heterocycles. The lowest BCUT2D eigenvalue weighted by Gasteiger charge is -2.35. The van der Waals surface area contributed by atoms with Crippen molar-refractivity contribution in [2.24, 2.45) is 0 Å². The van der Waals surface area contributed by atoms with Crippen molar-refractivity contribution in [3.05, 3.63) is 136 Å². The Morgan fingerprint density at radius 1 is 0.837 bits per heavy atom. The van der Waals surface area contributed by atoms with Crippen molar-refractivity contribution in [1.82, 2.24) is 0 Å². The van der Waals surface area contributed by atoms with E-state index in [4.69, 9.17) is 21.1 Å². The van der Waals surface area contributed by atoms with Crippen molar-refractivity contribution in [2.75, 3.05) is 24.4 Å². The van der Waals surface area contributed by atoms with Gasteiger partial charge in [-0.1, -0.05) is 60.1 Å². The van der Waals surface area contributed by atoms with E-state index < -0.39 is 12.0 Å². The molecular weight excluding hydrogens is 564 g/mol. The lowest BCUT2D eigenvalue weighted by molar-refractivity contribution is -0.116. The number of hydrogen-bond acceptors (Lipinski definition) is 6. The van der Waals surface area contributed by atoms with E-state index in [1.165, 1.54) is 7.11 Å². The Kier molecular flexibility index (Phi) is 7.74. The molecule has 4 aromatic carbocycles. The maximum Gasteiger partial charge on any atom is 0.337 e. The van der Waals surface area contributed by atoms with Gasteiger partial charge in [0.05, 0.1) is 47.8 Å². The number of ketones is 1. The number of carbonyl (C=O) groups excluding carboxylic acids is 3. The number of hydrogen-bond donors (Lipinski definition) is 1. The third-order valence-electron chi connectivity index (χ3n) is 8.05. The third kappa shape index (κ3) is 5.28. The molecule has 0 bridgehead atoms. The molecule has 0 saturated heterocycles. The number of rotatable bonds is 5. The number of allylic oxidation sites excluding steroid dienone is 1. The molecule has 8 heteroatoms. The first-order chi connectivity index (χ1) is 20.9. The van der Waals surface area contributed by atoms with Gasteiger partial charge in [-0.05, 0) is 72.0 Å². The van der Waals surface area contributed by atoms with E-state index in [0.717, 1.165) is 17.0 Å². The van der Waals surface area contributed by atoms with Crippen LogP contribution >= 0.6 is 11.6 Å². The van der Waals surface area contributed by atoms with Crippen LogP contribution in [0.2, 0.25) is 5.02 Å². The number of benzene rings is 4. The summed E-state index contributed by atoms with van der Waals surface area (Å²) in [6, 6.07) is 28.2. The highest BCUT2D eigenvalue weighted by Gasteiger charge is 2.42. The first kappa shape index (κ1) is 28.2. The average Bonchev–Trinajstić information content (AvgIpc) is 3.19. The lowest BCUT2D eigenvalue weighted by Crippen LogP contribution is -2.38. The van der Waals surface area contributed by atoms with Crippen molar-refractivity contribution in [2.45, 2.75) is 24.8 Å². The minimum Gasteiger partial charge on any atom is -0.497 e. The normalized spacial score (nSPS) is 17.7. The van der Waals surface area contributed by atoms with E-state index in [-0.39, 0.29) is 24.0 Å². The van der Waals surface area contributed by atoms with Crippen molar-refractivity contribution in [3.63, 3.8) is 0 Å². The molecule has 0 spiro atoms. The molecule has 0 aromatic heterocycles. The molecule has 0 saturated carbocycles. The summed E-state index contributed by atoms with van der Waals surface area (Å²) < 4.78 is 10.2.